The van der Waals surface area contributed by atoms with Crippen molar-refractivity contribution in [2.75, 3.05) is 39.2 Å². The lowest BCUT2D eigenvalue weighted by Crippen LogP contribution is -2.32. The van der Waals surface area contributed by atoms with Gasteiger partial charge in [0.2, 0.25) is 0 Å². The van der Waals surface area contributed by atoms with Gasteiger partial charge >= 0.3 is 0 Å². The second-order valence-corrected chi connectivity index (χ2v) is 5.40. The van der Waals surface area contributed by atoms with Gasteiger partial charge in [0, 0.05) is 43.9 Å². The van der Waals surface area contributed by atoms with Crippen LogP contribution in [0.5, 0.6) is 0 Å². The van der Waals surface area contributed by atoms with Crippen molar-refractivity contribution in [3.63, 3.8) is 0 Å². The Bertz CT molecular complexity index is 152. The number of methoxy groups -OCH3 is 1. The molecule has 0 bridgehead atoms. The quantitative estimate of drug-likeness (QED) is 0.676. The number of hydrogen-bond acceptors (Lipinski definition) is 4. The van der Waals surface area contributed by atoms with E-state index >= 15 is 0 Å². The molecule has 0 amide bonds. The fraction of sp³-hybridized carbons (Fsp3) is 1.00. The van der Waals surface area contributed by atoms with E-state index < -0.39 is 0 Å². The Morgan fingerprint density at radius 2 is 2.20 bits per heavy atom. The lowest BCUT2D eigenvalue weighted by atomic mass is 10.2. The van der Waals surface area contributed by atoms with Gasteiger partial charge in [0.05, 0.1) is 6.61 Å². The molecule has 15 heavy (non-hydrogen) atoms. The maximum atomic E-state index is 5.33. The molecule has 0 aliphatic carbocycles. The molecule has 1 atom stereocenters. The van der Waals surface area contributed by atoms with Gasteiger partial charge in [-0.25, -0.2) is 0 Å². The molecule has 1 heterocycles. The molecule has 0 aromatic rings. The first-order valence-corrected chi connectivity index (χ1v) is 6.79. The number of ether oxygens (including phenoxy) is 2. The molecule has 3 nitrogen and oxygen atoms in total. The lowest BCUT2D eigenvalue weighted by Gasteiger charge is -2.21. The molecule has 1 unspecified atom stereocenters. The van der Waals surface area contributed by atoms with Crippen LogP contribution >= 0.6 is 11.8 Å². The zero-order valence-corrected chi connectivity index (χ0v) is 10.6. The van der Waals surface area contributed by atoms with E-state index in [0.717, 1.165) is 31.6 Å². The molecule has 1 aliphatic heterocycles. The molecule has 0 spiro atoms. The van der Waals surface area contributed by atoms with Crippen molar-refractivity contribution in [1.29, 1.82) is 0 Å². The van der Waals surface area contributed by atoms with Crippen molar-refractivity contribution in [1.82, 2.24) is 5.32 Å². The van der Waals surface area contributed by atoms with Crippen molar-refractivity contribution in [2.24, 2.45) is 0 Å². The number of rotatable bonds is 7. The van der Waals surface area contributed by atoms with Gasteiger partial charge in [-0.1, -0.05) is 0 Å². The predicted molar refractivity (Wildman–Crippen MR) is 65.6 cm³/mol. The minimum Gasteiger partial charge on any atom is -0.383 e. The Balaban J connectivity index is 1.91. The second kappa shape index (κ2) is 8.39. The highest BCUT2D eigenvalue weighted by atomic mass is 32.2. The summed E-state index contributed by atoms with van der Waals surface area (Å²) in [6.45, 7) is 5.92. The van der Waals surface area contributed by atoms with E-state index in [-0.39, 0.29) is 0 Å². The molecule has 1 aliphatic rings. The second-order valence-electron chi connectivity index (χ2n) is 3.99. The summed E-state index contributed by atoms with van der Waals surface area (Å²) in [6, 6.07) is 0.463. The molecule has 1 rings (SSSR count). The van der Waals surface area contributed by atoms with Crippen LogP contribution in [0.4, 0.5) is 0 Å². The highest BCUT2D eigenvalue weighted by Gasteiger charge is 2.13. The fourth-order valence-electron chi connectivity index (χ4n) is 1.68. The van der Waals surface area contributed by atoms with Crippen molar-refractivity contribution in [3.8, 4) is 0 Å². The molecule has 1 N–H and O–H groups in total. The minimum atomic E-state index is 0.463. The Labute approximate surface area is 97.3 Å². The van der Waals surface area contributed by atoms with Gasteiger partial charge in [-0.2, -0.15) is 11.8 Å². The van der Waals surface area contributed by atoms with Gasteiger partial charge in [0.25, 0.3) is 0 Å². The molecule has 4 heteroatoms. The highest BCUT2D eigenvalue weighted by Crippen LogP contribution is 2.21. The zero-order valence-electron chi connectivity index (χ0n) is 9.83. The molecular formula is C11H23NO2S. The molecule has 1 saturated heterocycles. The van der Waals surface area contributed by atoms with Crippen LogP contribution in [0.15, 0.2) is 0 Å². The van der Waals surface area contributed by atoms with Gasteiger partial charge in [0.1, 0.15) is 0 Å². The van der Waals surface area contributed by atoms with E-state index in [2.05, 4.69) is 24.0 Å². The third kappa shape index (κ3) is 6.40. The van der Waals surface area contributed by atoms with Crippen molar-refractivity contribution < 1.29 is 9.47 Å². The van der Waals surface area contributed by atoms with Crippen molar-refractivity contribution >= 4 is 11.8 Å². The molecule has 1 fully saturated rings. The van der Waals surface area contributed by atoms with Crippen molar-refractivity contribution in [2.45, 2.75) is 31.1 Å². The molecular weight excluding hydrogens is 210 g/mol. The topological polar surface area (TPSA) is 30.5 Å². The maximum Gasteiger partial charge on any atom is 0.0613 e. The SMILES string of the molecule is COCC(C)NCCSC1CCOCC1. The molecule has 90 valence electrons. The third-order valence-electron chi connectivity index (χ3n) is 2.53. The fourth-order valence-corrected chi connectivity index (χ4v) is 2.78. The van der Waals surface area contributed by atoms with Crippen LogP contribution in [0, 0.1) is 0 Å². The summed E-state index contributed by atoms with van der Waals surface area (Å²) in [5, 5.41) is 4.26. The first kappa shape index (κ1) is 13.3. The zero-order chi connectivity index (χ0) is 10.9. The highest BCUT2D eigenvalue weighted by molar-refractivity contribution is 7.99. The van der Waals surface area contributed by atoms with Crippen LogP contribution in [-0.4, -0.2) is 50.5 Å². The van der Waals surface area contributed by atoms with Gasteiger partial charge in [0.15, 0.2) is 0 Å². The molecule has 0 aromatic heterocycles. The third-order valence-corrected chi connectivity index (χ3v) is 3.92. The van der Waals surface area contributed by atoms with E-state index in [0.29, 0.717) is 6.04 Å². The summed E-state index contributed by atoms with van der Waals surface area (Å²) < 4.78 is 10.4. The Hall–Kier alpha value is 0.230. The Morgan fingerprint density at radius 1 is 1.47 bits per heavy atom. The summed E-state index contributed by atoms with van der Waals surface area (Å²) in [4.78, 5) is 0. The van der Waals surface area contributed by atoms with Crippen LogP contribution in [0.25, 0.3) is 0 Å². The van der Waals surface area contributed by atoms with Gasteiger partial charge in [-0.15, -0.1) is 0 Å². The number of thioether (sulfide) groups is 1. The van der Waals surface area contributed by atoms with E-state index in [1.54, 1.807) is 7.11 Å². The van der Waals surface area contributed by atoms with Gasteiger partial charge < -0.3 is 14.8 Å². The monoisotopic (exact) mass is 233 g/mol. The average Bonchev–Trinajstić information content (AvgIpc) is 2.26. The number of nitrogens with one attached hydrogen (secondary N) is 1. The van der Waals surface area contributed by atoms with Crippen LogP contribution in [0.1, 0.15) is 19.8 Å². The minimum absolute atomic E-state index is 0.463. The summed E-state index contributed by atoms with van der Waals surface area (Å²) >= 11 is 2.07. The first-order valence-electron chi connectivity index (χ1n) is 5.74. The Morgan fingerprint density at radius 3 is 2.87 bits per heavy atom. The van der Waals surface area contributed by atoms with Gasteiger partial charge in [-0.05, 0) is 19.8 Å². The molecule has 0 saturated carbocycles. The average molecular weight is 233 g/mol. The summed E-state index contributed by atoms with van der Waals surface area (Å²) in [6.07, 6.45) is 2.44. The van der Waals surface area contributed by atoms with E-state index in [4.69, 9.17) is 9.47 Å². The summed E-state index contributed by atoms with van der Waals surface area (Å²) in [7, 11) is 1.74. The summed E-state index contributed by atoms with van der Waals surface area (Å²) in [5.74, 6) is 1.19. The molecule has 0 radical (unpaired) electrons. The van der Waals surface area contributed by atoms with Crippen LogP contribution in [0.3, 0.4) is 0 Å². The normalized spacial score (nSPS) is 20.4. The Kier molecular flexibility index (Phi) is 7.44. The van der Waals surface area contributed by atoms with Gasteiger partial charge in [-0.3, -0.25) is 0 Å². The lowest BCUT2D eigenvalue weighted by molar-refractivity contribution is 0.100. The molecule has 0 aromatic carbocycles. The number of hydrogen-bond donors (Lipinski definition) is 1. The largest absolute Gasteiger partial charge is 0.383 e. The van der Waals surface area contributed by atoms with Crippen molar-refractivity contribution in [3.05, 3.63) is 0 Å². The van der Waals surface area contributed by atoms with E-state index in [1.165, 1.54) is 18.6 Å². The van der Waals surface area contributed by atoms with Crippen LogP contribution in [-0.2, 0) is 9.47 Å². The van der Waals surface area contributed by atoms with Crippen LogP contribution < -0.4 is 5.32 Å². The van der Waals surface area contributed by atoms with E-state index in [9.17, 15) is 0 Å². The van der Waals surface area contributed by atoms with Crippen LogP contribution in [0.2, 0.25) is 0 Å². The standard InChI is InChI=1S/C11H23NO2S/c1-10(9-13-2)12-5-8-15-11-3-6-14-7-4-11/h10-12H,3-9H2,1-2H3. The predicted octanol–water partition coefficient (Wildman–Crippen LogP) is 1.52. The van der Waals surface area contributed by atoms with E-state index in [1.807, 2.05) is 0 Å². The maximum absolute atomic E-state index is 5.33. The smallest absolute Gasteiger partial charge is 0.0613 e. The summed E-state index contributed by atoms with van der Waals surface area (Å²) in [5.41, 5.74) is 0. The first-order chi connectivity index (χ1) is 7.33.